The number of alkyl halides is 3. The minimum Gasteiger partial charge on any atom is -0.453 e. The Balaban J connectivity index is 2.36. The molecule has 20 heavy (non-hydrogen) atoms. The molecule has 0 fully saturated rings. The maximum atomic E-state index is 13.7. The molecular weight excluding hydrogens is 296 g/mol. The largest absolute Gasteiger partial charge is 0.453 e. The lowest BCUT2D eigenvalue weighted by atomic mass is 10.2. The second-order valence-electron chi connectivity index (χ2n) is 4.18. The maximum absolute atomic E-state index is 13.7. The standard InChI is InChI=1S/C14H9ClF4O/c1-8-2-4-10(5-3-8)20-13-11(15)6-9(7-12(13)16)14(17,18)19/h2-7H,1H3. The third-order valence-corrected chi connectivity index (χ3v) is 2.85. The lowest BCUT2D eigenvalue weighted by Gasteiger charge is -2.12. The van der Waals surface area contributed by atoms with Crippen LogP contribution in [0.25, 0.3) is 0 Å². The molecule has 0 unspecified atom stereocenters. The van der Waals surface area contributed by atoms with Crippen LogP contribution in [0.4, 0.5) is 17.6 Å². The fraction of sp³-hybridized carbons (Fsp3) is 0.143. The van der Waals surface area contributed by atoms with Crippen molar-refractivity contribution in [3.63, 3.8) is 0 Å². The molecule has 6 heteroatoms. The maximum Gasteiger partial charge on any atom is 0.416 e. The zero-order valence-corrected chi connectivity index (χ0v) is 11.0. The summed E-state index contributed by atoms with van der Waals surface area (Å²) in [5.41, 5.74) is -0.187. The van der Waals surface area contributed by atoms with Crippen LogP contribution in [0.3, 0.4) is 0 Å². The summed E-state index contributed by atoms with van der Waals surface area (Å²) in [6.07, 6.45) is -4.66. The van der Waals surface area contributed by atoms with Crippen molar-refractivity contribution in [1.29, 1.82) is 0 Å². The normalized spacial score (nSPS) is 11.5. The Morgan fingerprint density at radius 1 is 1.05 bits per heavy atom. The van der Waals surface area contributed by atoms with E-state index >= 15 is 0 Å². The van der Waals surface area contributed by atoms with E-state index in [4.69, 9.17) is 16.3 Å². The first-order chi connectivity index (χ1) is 9.27. The number of aryl methyl sites for hydroxylation is 1. The zero-order valence-electron chi connectivity index (χ0n) is 10.3. The van der Waals surface area contributed by atoms with Crippen molar-refractivity contribution in [3.05, 3.63) is 58.4 Å². The Morgan fingerprint density at radius 2 is 1.65 bits per heavy atom. The Bertz CT molecular complexity index is 597. The van der Waals surface area contributed by atoms with E-state index < -0.39 is 28.3 Å². The lowest BCUT2D eigenvalue weighted by Crippen LogP contribution is -2.06. The number of hydrogen-bond donors (Lipinski definition) is 0. The van der Waals surface area contributed by atoms with E-state index in [2.05, 4.69) is 0 Å². The van der Waals surface area contributed by atoms with Crippen molar-refractivity contribution >= 4 is 11.6 Å². The van der Waals surface area contributed by atoms with Crippen LogP contribution >= 0.6 is 11.6 Å². The van der Waals surface area contributed by atoms with Crippen LogP contribution in [0.2, 0.25) is 5.02 Å². The van der Waals surface area contributed by atoms with Crippen LogP contribution in [0, 0.1) is 12.7 Å². The van der Waals surface area contributed by atoms with Crippen molar-refractivity contribution in [2.45, 2.75) is 13.1 Å². The Labute approximate surface area is 117 Å². The number of benzene rings is 2. The van der Waals surface area contributed by atoms with Crippen molar-refractivity contribution in [1.82, 2.24) is 0 Å². The van der Waals surface area contributed by atoms with Crippen LogP contribution < -0.4 is 4.74 Å². The minimum absolute atomic E-state index is 0.288. The second-order valence-corrected chi connectivity index (χ2v) is 4.59. The van der Waals surface area contributed by atoms with Crippen molar-refractivity contribution in [3.8, 4) is 11.5 Å². The molecule has 106 valence electrons. The van der Waals surface area contributed by atoms with Gasteiger partial charge in [0, 0.05) is 0 Å². The van der Waals surface area contributed by atoms with Crippen LogP contribution in [-0.2, 0) is 6.18 Å². The predicted molar refractivity (Wildman–Crippen MR) is 67.7 cm³/mol. The molecular formula is C14H9ClF4O. The second kappa shape index (κ2) is 5.32. The highest BCUT2D eigenvalue weighted by molar-refractivity contribution is 6.32. The topological polar surface area (TPSA) is 9.23 Å². The van der Waals surface area contributed by atoms with E-state index in [0.717, 1.165) is 5.56 Å². The summed E-state index contributed by atoms with van der Waals surface area (Å²) in [4.78, 5) is 0. The summed E-state index contributed by atoms with van der Waals surface area (Å²) in [5.74, 6) is -1.30. The molecule has 0 saturated heterocycles. The van der Waals surface area contributed by atoms with E-state index in [0.29, 0.717) is 12.1 Å². The Hall–Kier alpha value is -1.75. The summed E-state index contributed by atoms with van der Waals surface area (Å²) in [5, 5.41) is -0.432. The first-order valence-corrected chi connectivity index (χ1v) is 5.96. The molecule has 0 bridgehead atoms. The molecule has 2 aromatic carbocycles. The van der Waals surface area contributed by atoms with Crippen molar-refractivity contribution < 1.29 is 22.3 Å². The fourth-order valence-electron chi connectivity index (χ4n) is 1.55. The number of halogens is 5. The van der Waals surface area contributed by atoms with Crippen LogP contribution in [0.1, 0.15) is 11.1 Å². The molecule has 0 amide bonds. The summed E-state index contributed by atoms with van der Waals surface area (Å²) in [7, 11) is 0. The minimum atomic E-state index is -4.66. The molecule has 0 atom stereocenters. The third-order valence-electron chi connectivity index (χ3n) is 2.57. The molecule has 2 rings (SSSR count). The van der Waals surface area contributed by atoms with Crippen LogP contribution in [-0.4, -0.2) is 0 Å². The van der Waals surface area contributed by atoms with Gasteiger partial charge < -0.3 is 4.74 Å². The Kier molecular flexibility index (Phi) is 3.90. The van der Waals surface area contributed by atoms with Gasteiger partial charge in [0.2, 0.25) is 0 Å². The highest BCUT2D eigenvalue weighted by Gasteiger charge is 2.32. The molecule has 0 spiro atoms. The molecule has 0 aliphatic rings. The lowest BCUT2D eigenvalue weighted by molar-refractivity contribution is -0.137. The van der Waals surface area contributed by atoms with Gasteiger partial charge in [0.15, 0.2) is 11.6 Å². The SMILES string of the molecule is Cc1ccc(Oc2c(F)cc(C(F)(F)F)cc2Cl)cc1. The molecule has 2 aromatic rings. The monoisotopic (exact) mass is 304 g/mol. The van der Waals surface area contributed by atoms with Gasteiger partial charge in [-0.2, -0.15) is 13.2 Å². The molecule has 0 aliphatic heterocycles. The van der Waals surface area contributed by atoms with Gasteiger partial charge in [-0.15, -0.1) is 0 Å². The summed E-state index contributed by atoms with van der Waals surface area (Å²) >= 11 is 5.66. The van der Waals surface area contributed by atoms with E-state index in [-0.39, 0.29) is 5.75 Å². The van der Waals surface area contributed by atoms with E-state index in [1.54, 1.807) is 24.3 Å². The van der Waals surface area contributed by atoms with E-state index in [9.17, 15) is 17.6 Å². The molecule has 1 nitrogen and oxygen atoms in total. The smallest absolute Gasteiger partial charge is 0.416 e. The van der Waals surface area contributed by atoms with Gasteiger partial charge in [0.05, 0.1) is 10.6 Å². The summed E-state index contributed by atoms with van der Waals surface area (Å²) in [6, 6.07) is 7.59. The fourth-order valence-corrected chi connectivity index (χ4v) is 1.79. The average Bonchev–Trinajstić information content (AvgIpc) is 2.34. The zero-order chi connectivity index (χ0) is 14.9. The van der Waals surface area contributed by atoms with Crippen LogP contribution in [0.15, 0.2) is 36.4 Å². The molecule has 0 saturated carbocycles. The number of rotatable bonds is 2. The van der Waals surface area contributed by atoms with Gasteiger partial charge in [0.1, 0.15) is 5.75 Å². The van der Waals surface area contributed by atoms with Gasteiger partial charge in [-0.05, 0) is 31.2 Å². The molecule has 0 radical (unpaired) electrons. The molecule has 0 aliphatic carbocycles. The molecule has 0 heterocycles. The van der Waals surface area contributed by atoms with E-state index in [1.165, 1.54) is 0 Å². The van der Waals surface area contributed by atoms with Gasteiger partial charge in [-0.3, -0.25) is 0 Å². The summed E-state index contributed by atoms with van der Waals surface area (Å²) < 4.78 is 56.3. The van der Waals surface area contributed by atoms with Gasteiger partial charge >= 0.3 is 6.18 Å². The number of ether oxygens (including phenoxy) is 1. The Morgan fingerprint density at radius 3 is 2.15 bits per heavy atom. The third kappa shape index (κ3) is 3.22. The van der Waals surface area contributed by atoms with Gasteiger partial charge in [0.25, 0.3) is 0 Å². The highest BCUT2D eigenvalue weighted by Crippen LogP contribution is 2.38. The van der Waals surface area contributed by atoms with Crippen LogP contribution in [0.5, 0.6) is 11.5 Å². The van der Waals surface area contributed by atoms with Crippen molar-refractivity contribution in [2.24, 2.45) is 0 Å². The van der Waals surface area contributed by atoms with Gasteiger partial charge in [-0.1, -0.05) is 29.3 Å². The summed E-state index contributed by atoms with van der Waals surface area (Å²) in [6.45, 7) is 1.86. The quantitative estimate of drug-likeness (QED) is 0.656. The van der Waals surface area contributed by atoms with Gasteiger partial charge in [-0.25, -0.2) is 4.39 Å². The highest BCUT2D eigenvalue weighted by atomic mass is 35.5. The average molecular weight is 305 g/mol. The predicted octanol–water partition coefficient (Wildman–Crippen LogP) is 5.60. The molecule has 0 N–H and O–H groups in total. The van der Waals surface area contributed by atoms with E-state index in [1.807, 2.05) is 6.92 Å². The first-order valence-electron chi connectivity index (χ1n) is 5.58. The molecule has 0 aromatic heterocycles. The van der Waals surface area contributed by atoms with Crippen molar-refractivity contribution in [2.75, 3.05) is 0 Å². The number of hydrogen-bond acceptors (Lipinski definition) is 1. The first kappa shape index (κ1) is 14.7.